The van der Waals surface area contributed by atoms with Crippen molar-refractivity contribution in [2.45, 2.75) is 57.4 Å². The summed E-state index contributed by atoms with van der Waals surface area (Å²) >= 11 is 6.65. The fraction of sp³-hybridized carbons (Fsp3) is 0.441. The van der Waals surface area contributed by atoms with Crippen LogP contribution in [0.4, 0.5) is 11.4 Å². The SMILES string of the molecule is C=CCN(C(=O)[C@@H]1[C@@H]2CCC3(O2)C(C(=O)N(CC=C)c2c(C)cccc2Cl)N([C@@H](CO)C(C)C)C(=O)[C@H]13)c1ccccc1. The number of aliphatic hydroxyl groups is 1. The van der Waals surface area contributed by atoms with Crippen molar-refractivity contribution >= 4 is 40.7 Å². The van der Waals surface area contributed by atoms with E-state index >= 15 is 0 Å². The summed E-state index contributed by atoms with van der Waals surface area (Å²) in [6.07, 6.45) is 3.74. The van der Waals surface area contributed by atoms with Gasteiger partial charge in [-0.15, -0.1) is 13.2 Å². The Labute approximate surface area is 258 Å². The quantitative estimate of drug-likeness (QED) is 0.373. The molecule has 1 N–H and O–H groups in total. The molecule has 2 unspecified atom stereocenters. The first-order chi connectivity index (χ1) is 20.6. The zero-order valence-corrected chi connectivity index (χ0v) is 25.7. The first-order valence-electron chi connectivity index (χ1n) is 14.9. The summed E-state index contributed by atoms with van der Waals surface area (Å²) in [7, 11) is 0. The summed E-state index contributed by atoms with van der Waals surface area (Å²) < 4.78 is 6.69. The van der Waals surface area contributed by atoms with Crippen molar-refractivity contribution in [3.05, 3.63) is 84.4 Å². The van der Waals surface area contributed by atoms with Crippen LogP contribution in [0.15, 0.2) is 73.8 Å². The van der Waals surface area contributed by atoms with Crippen LogP contribution in [0.5, 0.6) is 0 Å². The number of aryl methyl sites for hydroxylation is 1. The molecule has 3 fully saturated rings. The molecule has 5 rings (SSSR count). The number of nitrogens with zero attached hydrogens (tertiary/aromatic N) is 3. The third kappa shape index (κ3) is 4.99. The number of anilines is 2. The van der Waals surface area contributed by atoms with Gasteiger partial charge in [-0.25, -0.2) is 0 Å². The van der Waals surface area contributed by atoms with Gasteiger partial charge in [0.1, 0.15) is 11.6 Å². The zero-order valence-electron chi connectivity index (χ0n) is 25.0. The van der Waals surface area contributed by atoms with Crippen molar-refractivity contribution in [3.8, 4) is 0 Å². The molecule has 0 radical (unpaired) electrons. The van der Waals surface area contributed by atoms with Gasteiger partial charge in [0.25, 0.3) is 5.91 Å². The van der Waals surface area contributed by atoms with Crippen LogP contribution in [0, 0.1) is 24.7 Å². The maximum atomic E-state index is 14.9. The van der Waals surface area contributed by atoms with E-state index in [1.165, 1.54) is 4.90 Å². The molecule has 3 aliphatic heterocycles. The number of hydrogen-bond donors (Lipinski definition) is 1. The second kappa shape index (κ2) is 12.3. The van der Waals surface area contributed by atoms with Crippen LogP contribution < -0.4 is 9.80 Å². The molecular formula is C34H40ClN3O5. The van der Waals surface area contributed by atoms with Crippen LogP contribution in [0.3, 0.4) is 0 Å². The van der Waals surface area contributed by atoms with E-state index in [9.17, 15) is 19.5 Å². The topological polar surface area (TPSA) is 90.4 Å². The van der Waals surface area contributed by atoms with Gasteiger partial charge >= 0.3 is 0 Å². The van der Waals surface area contributed by atoms with E-state index in [0.717, 1.165) is 5.56 Å². The van der Waals surface area contributed by atoms with Gasteiger partial charge in [0, 0.05) is 18.8 Å². The second-order valence-corrected chi connectivity index (χ2v) is 12.4. The number of halogens is 1. The molecule has 3 saturated heterocycles. The number of carbonyl (C=O) groups excluding carboxylic acids is 3. The minimum Gasteiger partial charge on any atom is -0.394 e. The fourth-order valence-electron chi connectivity index (χ4n) is 7.40. The number of amides is 3. The Kier molecular flexibility index (Phi) is 8.84. The van der Waals surface area contributed by atoms with E-state index in [4.69, 9.17) is 16.3 Å². The Morgan fingerprint density at radius 2 is 1.77 bits per heavy atom. The van der Waals surface area contributed by atoms with Gasteiger partial charge in [0.05, 0.1) is 41.3 Å². The number of benzene rings is 2. The predicted molar refractivity (Wildman–Crippen MR) is 168 cm³/mol. The monoisotopic (exact) mass is 605 g/mol. The molecule has 0 aliphatic carbocycles. The lowest BCUT2D eigenvalue weighted by Crippen LogP contribution is -2.60. The van der Waals surface area contributed by atoms with Gasteiger partial charge < -0.3 is 24.5 Å². The lowest BCUT2D eigenvalue weighted by molar-refractivity contribution is -0.145. The highest BCUT2D eigenvalue weighted by Crippen LogP contribution is 2.60. The number of aliphatic hydroxyl groups excluding tert-OH is 1. The summed E-state index contributed by atoms with van der Waals surface area (Å²) in [6, 6.07) is 13.0. The van der Waals surface area contributed by atoms with Crippen molar-refractivity contribution < 1.29 is 24.2 Å². The highest BCUT2D eigenvalue weighted by atomic mass is 35.5. The average Bonchev–Trinajstić information content (AvgIpc) is 3.63. The number of likely N-dealkylation sites (tertiary alicyclic amines) is 1. The molecule has 2 bridgehead atoms. The molecule has 1 spiro atoms. The molecule has 3 amide bonds. The van der Waals surface area contributed by atoms with Gasteiger partial charge in [-0.1, -0.05) is 67.9 Å². The summed E-state index contributed by atoms with van der Waals surface area (Å²) in [5.74, 6) is -2.78. The van der Waals surface area contributed by atoms with Crippen LogP contribution in [0.2, 0.25) is 5.02 Å². The van der Waals surface area contributed by atoms with E-state index in [1.54, 1.807) is 28.0 Å². The minimum absolute atomic E-state index is 0.154. The molecule has 2 aromatic carbocycles. The highest BCUT2D eigenvalue weighted by molar-refractivity contribution is 6.34. The Bertz CT molecular complexity index is 1390. The van der Waals surface area contributed by atoms with E-state index < -0.39 is 35.6 Å². The zero-order chi connectivity index (χ0) is 31.1. The van der Waals surface area contributed by atoms with E-state index in [1.807, 2.05) is 63.2 Å². The summed E-state index contributed by atoms with van der Waals surface area (Å²) in [5.41, 5.74) is 0.795. The lowest BCUT2D eigenvalue weighted by Gasteiger charge is -2.40. The summed E-state index contributed by atoms with van der Waals surface area (Å²) in [5, 5.41) is 10.9. The number of hydrogen-bond acceptors (Lipinski definition) is 5. The van der Waals surface area contributed by atoms with Crippen molar-refractivity contribution in [3.63, 3.8) is 0 Å². The van der Waals surface area contributed by atoms with Gasteiger partial charge in [0.2, 0.25) is 11.8 Å². The first-order valence-corrected chi connectivity index (χ1v) is 15.3. The first kappa shape index (κ1) is 31.0. The Balaban J connectivity index is 1.63. The molecule has 6 atom stereocenters. The minimum atomic E-state index is -1.23. The number of carbonyl (C=O) groups is 3. The van der Waals surface area contributed by atoms with Crippen molar-refractivity contribution in [1.82, 2.24) is 4.90 Å². The molecule has 2 aromatic rings. The van der Waals surface area contributed by atoms with Gasteiger partial charge in [0.15, 0.2) is 0 Å². The Hall–Kier alpha value is -3.46. The van der Waals surface area contributed by atoms with Crippen LogP contribution in [0.25, 0.3) is 0 Å². The molecule has 0 aromatic heterocycles. The number of ether oxygens (including phenoxy) is 1. The van der Waals surface area contributed by atoms with Crippen molar-refractivity contribution in [2.75, 3.05) is 29.5 Å². The third-order valence-corrected chi connectivity index (χ3v) is 9.56. The molecule has 43 heavy (non-hydrogen) atoms. The van der Waals surface area contributed by atoms with Crippen molar-refractivity contribution in [2.24, 2.45) is 17.8 Å². The smallest absolute Gasteiger partial charge is 0.253 e. The van der Waals surface area contributed by atoms with E-state index in [0.29, 0.717) is 29.2 Å². The lowest BCUT2D eigenvalue weighted by atomic mass is 9.70. The van der Waals surface area contributed by atoms with E-state index in [-0.39, 0.29) is 43.3 Å². The molecule has 3 heterocycles. The molecule has 228 valence electrons. The number of para-hydroxylation sites is 2. The average molecular weight is 606 g/mol. The third-order valence-electron chi connectivity index (χ3n) is 9.25. The summed E-state index contributed by atoms with van der Waals surface area (Å²) in [4.78, 5) is 48.5. The Morgan fingerprint density at radius 3 is 2.37 bits per heavy atom. The highest BCUT2D eigenvalue weighted by Gasteiger charge is 2.75. The molecule has 3 aliphatic rings. The van der Waals surface area contributed by atoms with E-state index in [2.05, 4.69) is 13.2 Å². The molecule has 8 nitrogen and oxygen atoms in total. The number of fused-ring (bicyclic) bond motifs is 1. The number of rotatable bonds is 11. The fourth-order valence-corrected chi connectivity index (χ4v) is 7.73. The largest absolute Gasteiger partial charge is 0.394 e. The molecule has 0 saturated carbocycles. The maximum absolute atomic E-state index is 14.9. The maximum Gasteiger partial charge on any atom is 0.253 e. The van der Waals surface area contributed by atoms with Gasteiger partial charge in [-0.05, 0) is 49.4 Å². The normalized spacial score (nSPS) is 26.4. The molecular weight excluding hydrogens is 566 g/mol. The predicted octanol–water partition coefficient (Wildman–Crippen LogP) is 4.78. The van der Waals surface area contributed by atoms with Crippen molar-refractivity contribution in [1.29, 1.82) is 0 Å². The van der Waals surface area contributed by atoms with Gasteiger partial charge in [-0.2, -0.15) is 0 Å². The van der Waals surface area contributed by atoms with Crippen LogP contribution in [0.1, 0.15) is 32.3 Å². The standard InChI is InChI=1S/C34H40ClN3O5/c1-6-18-36(23-13-9-8-10-14-23)31(40)27-26-16-17-34(43-26)28(27)32(41)38(25(20-39)21(3)4)30(34)33(42)37(19-7-2)29-22(5)12-11-15-24(29)35/h6-15,21,25-28,30,39H,1-2,16-20H2,3-5H3/t25-,26-,27+,28-,30?,34?/m0/s1. The van der Waals surface area contributed by atoms with Gasteiger partial charge in [-0.3, -0.25) is 14.4 Å². The second-order valence-electron chi connectivity index (χ2n) is 12.0. The Morgan fingerprint density at radius 1 is 1.09 bits per heavy atom. The summed E-state index contributed by atoms with van der Waals surface area (Å²) in [6.45, 7) is 13.5. The van der Waals surface area contributed by atoms with Crippen LogP contribution in [-0.2, 0) is 19.1 Å². The van der Waals surface area contributed by atoms with Crippen LogP contribution in [-0.4, -0.2) is 71.2 Å². The molecule has 9 heteroatoms. The van der Waals surface area contributed by atoms with Crippen LogP contribution >= 0.6 is 11.6 Å².